The molecule has 0 saturated carbocycles. The summed E-state index contributed by atoms with van der Waals surface area (Å²) in [5, 5.41) is 0. The lowest BCUT2D eigenvalue weighted by atomic mass is 10.0. The second kappa shape index (κ2) is 5.58. The van der Waals surface area contributed by atoms with E-state index in [2.05, 4.69) is 12.1 Å². The fraction of sp³-hybridized carbons (Fsp3) is 0.526. The van der Waals surface area contributed by atoms with Gasteiger partial charge in [0.25, 0.3) is 5.91 Å². The van der Waals surface area contributed by atoms with Crippen molar-refractivity contribution in [2.24, 2.45) is 0 Å². The van der Waals surface area contributed by atoms with E-state index in [0.29, 0.717) is 25.9 Å². The number of aryl methyl sites for hydroxylation is 3. The highest BCUT2D eigenvalue weighted by molar-refractivity contribution is 6.11. The summed E-state index contributed by atoms with van der Waals surface area (Å²) < 4.78 is 0. The molecule has 0 bridgehead atoms. The maximum Gasteiger partial charge on any atom is 0.328 e. The molecule has 4 amide bonds. The molecular weight excluding hydrogens is 318 g/mol. The van der Waals surface area contributed by atoms with Crippen molar-refractivity contribution in [2.75, 3.05) is 18.0 Å². The Balaban J connectivity index is 1.63. The third-order valence-electron chi connectivity index (χ3n) is 5.62. The van der Waals surface area contributed by atoms with Crippen LogP contribution in [0.3, 0.4) is 0 Å². The van der Waals surface area contributed by atoms with Crippen LogP contribution in [0.25, 0.3) is 0 Å². The Morgan fingerprint density at radius 1 is 0.880 bits per heavy atom. The predicted octanol–water partition coefficient (Wildman–Crippen LogP) is 2.14. The molecule has 1 aromatic rings. The second-order valence-electron chi connectivity index (χ2n) is 7.38. The quantitative estimate of drug-likeness (QED) is 0.775. The van der Waals surface area contributed by atoms with Gasteiger partial charge in [-0.25, -0.2) is 9.69 Å². The first-order valence-electron chi connectivity index (χ1n) is 8.93. The van der Waals surface area contributed by atoms with Gasteiger partial charge in [-0.1, -0.05) is 17.7 Å². The molecule has 1 aromatic carbocycles. The maximum atomic E-state index is 13.1. The molecule has 0 radical (unpaired) electrons. The van der Waals surface area contributed by atoms with Crippen molar-refractivity contribution in [1.82, 2.24) is 9.80 Å². The SMILES string of the molecule is Cc1cc(C)c(N2CC[C@@H](N3C(=O)[C@H]4CCCN4C3=O)C2=O)c(C)c1. The van der Waals surface area contributed by atoms with Gasteiger partial charge in [-0.3, -0.25) is 9.59 Å². The number of carbonyl (C=O) groups is 3. The van der Waals surface area contributed by atoms with Gasteiger partial charge in [0.2, 0.25) is 5.91 Å². The van der Waals surface area contributed by atoms with Crippen LogP contribution in [-0.4, -0.2) is 52.8 Å². The molecule has 4 rings (SSSR count). The van der Waals surface area contributed by atoms with E-state index in [4.69, 9.17) is 0 Å². The van der Waals surface area contributed by atoms with Crippen molar-refractivity contribution >= 4 is 23.5 Å². The minimum atomic E-state index is -0.661. The second-order valence-corrected chi connectivity index (χ2v) is 7.38. The Morgan fingerprint density at radius 2 is 1.56 bits per heavy atom. The lowest BCUT2D eigenvalue weighted by Crippen LogP contribution is -2.46. The summed E-state index contributed by atoms with van der Waals surface area (Å²) in [6, 6.07) is 2.82. The number of rotatable bonds is 2. The number of hydrogen-bond acceptors (Lipinski definition) is 3. The van der Waals surface area contributed by atoms with Crippen LogP contribution in [0.4, 0.5) is 10.5 Å². The summed E-state index contributed by atoms with van der Waals surface area (Å²) in [5.74, 6) is -0.335. The van der Waals surface area contributed by atoms with Crippen LogP contribution in [0.15, 0.2) is 12.1 Å². The number of amides is 4. The average molecular weight is 341 g/mol. The molecule has 3 aliphatic rings. The van der Waals surface area contributed by atoms with E-state index in [1.165, 1.54) is 4.90 Å². The zero-order valence-electron chi connectivity index (χ0n) is 14.9. The minimum Gasteiger partial charge on any atom is -0.312 e. The molecule has 2 atom stereocenters. The van der Waals surface area contributed by atoms with E-state index in [1.807, 2.05) is 20.8 Å². The number of imide groups is 1. The third kappa shape index (κ3) is 2.27. The van der Waals surface area contributed by atoms with Crippen molar-refractivity contribution < 1.29 is 14.4 Å². The van der Waals surface area contributed by atoms with Gasteiger partial charge in [0, 0.05) is 18.8 Å². The number of nitrogens with zero attached hydrogens (tertiary/aromatic N) is 3. The van der Waals surface area contributed by atoms with Crippen LogP contribution in [0.2, 0.25) is 0 Å². The smallest absolute Gasteiger partial charge is 0.312 e. The monoisotopic (exact) mass is 341 g/mol. The van der Waals surface area contributed by atoms with Crippen LogP contribution >= 0.6 is 0 Å². The number of carbonyl (C=O) groups excluding carboxylic acids is 3. The fourth-order valence-corrected chi connectivity index (χ4v) is 4.66. The number of urea groups is 1. The number of anilines is 1. The molecule has 0 aromatic heterocycles. The Hall–Kier alpha value is -2.37. The summed E-state index contributed by atoms with van der Waals surface area (Å²) >= 11 is 0. The Morgan fingerprint density at radius 3 is 2.20 bits per heavy atom. The molecule has 3 heterocycles. The third-order valence-corrected chi connectivity index (χ3v) is 5.62. The summed E-state index contributed by atoms with van der Waals surface area (Å²) in [6.45, 7) is 7.19. The van der Waals surface area contributed by atoms with E-state index in [9.17, 15) is 14.4 Å². The Bertz CT molecular complexity index is 743. The van der Waals surface area contributed by atoms with Crippen molar-refractivity contribution in [3.8, 4) is 0 Å². The van der Waals surface area contributed by atoms with E-state index in [-0.39, 0.29) is 23.9 Å². The number of fused-ring (bicyclic) bond motifs is 1. The van der Waals surface area contributed by atoms with E-state index >= 15 is 0 Å². The molecule has 3 saturated heterocycles. The van der Waals surface area contributed by atoms with Crippen LogP contribution in [0.1, 0.15) is 36.0 Å². The summed E-state index contributed by atoms with van der Waals surface area (Å²) in [6.07, 6.45) is 2.08. The van der Waals surface area contributed by atoms with Crippen molar-refractivity contribution in [1.29, 1.82) is 0 Å². The standard InChI is InChI=1S/C19H23N3O3/c1-11-9-12(2)16(13(3)10-11)21-8-6-15(17(21)23)22-18(24)14-5-4-7-20(14)19(22)25/h9-10,14-15H,4-8H2,1-3H3/t14-,15-/m1/s1. The molecule has 3 fully saturated rings. The summed E-state index contributed by atoms with van der Waals surface area (Å²) in [5.41, 5.74) is 4.17. The van der Waals surface area contributed by atoms with Gasteiger partial charge in [-0.05, 0) is 51.2 Å². The number of benzene rings is 1. The lowest BCUT2D eigenvalue weighted by Gasteiger charge is -2.24. The van der Waals surface area contributed by atoms with Gasteiger partial charge >= 0.3 is 6.03 Å². The lowest BCUT2D eigenvalue weighted by molar-refractivity contribution is -0.133. The molecule has 0 N–H and O–H groups in total. The normalized spacial score (nSPS) is 26.2. The highest BCUT2D eigenvalue weighted by Crippen LogP contribution is 2.35. The molecule has 0 unspecified atom stereocenters. The first-order valence-corrected chi connectivity index (χ1v) is 8.93. The first-order chi connectivity index (χ1) is 11.9. The summed E-state index contributed by atoms with van der Waals surface area (Å²) in [4.78, 5) is 42.9. The molecule has 25 heavy (non-hydrogen) atoms. The molecule has 0 aliphatic carbocycles. The Kier molecular flexibility index (Phi) is 3.60. The fourth-order valence-electron chi connectivity index (χ4n) is 4.66. The Labute approximate surface area is 147 Å². The van der Waals surface area contributed by atoms with Gasteiger partial charge in [0.1, 0.15) is 12.1 Å². The van der Waals surface area contributed by atoms with E-state index in [0.717, 1.165) is 28.8 Å². The van der Waals surface area contributed by atoms with Crippen LogP contribution in [0, 0.1) is 20.8 Å². The predicted molar refractivity (Wildman–Crippen MR) is 93.4 cm³/mol. The average Bonchev–Trinajstić information content (AvgIpc) is 3.20. The molecule has 6 heteroatoms. The number of hydrogen-bond donors (Lipinski definition) is 0. The molecule has 132 valence electrons. The molecule has 6 nitrogen and oxygen atoms in total. The van der Waals surface area contributed by atoms with E-state index in [1.54, 1.807) is 9.80 Å². The topological polar surface area (TPSA) is 60.9 Å². The van der Waals surface area contributed by atoms with Crippen LogP contribution in [0.5, 0.6) is 0 Å². The highest BCUT2D eigenvalue weighted by atomic mass is 16.2. The van der Waals surface area contributed by atoms with Gasteiger partial charge in [-0.15, -0.1) is 0 Å². The van der Waals surface area contributed by atoms with E-state index < -0.39 is 6.04 Å². The maximum absolute atomic E-state index is 13.1. The first kappa shape index (κ1) is 16.1. The van der Waals surface area contributed by atoms with Crippen molar-refractivity contribution in [3.63, 3.8) is 0 Å². The van der Waals surface area contributed by atoms with Crippen LogP contribution < -0.4 is 4.90 Å². The highest BCUT2D eigenvalue weighted by Gasteiger charge is 2.53. The van der Waals surface area contributed by atoms with Gasteiger partial charge in [0.15, 0.2) is 0 Å². The zero-order chi connectivity index (χ0) is 17.9. The van der Waals surface area contributed by atoms with Crippen molar-refractivity contribution in [2.45, 2.75) is 52.1 Å². The largest absolute Gasteiger partial charge is 0.328 e. The van der Waals surface area contributed by atoms with Gasteiger partial charge in [0.05, 0.1) is 0 Å². The van der Waals surface area contributed by atoms with Crippen LogP contribution in [-0.2, 0) is 9.59 Å². The zero-order valence-corrected chi connectivity index (χ0v) is 14.9. The molecule has 3 aliphatic heterocycles. The minimum absolute atomic E-state index is 0.141. The van der Waals surface area contributed by atoms with Gasteiger partial charge < -0.3 is 9.80 Å². The molecular formula is C19H23N3O3. The van der Waals surface area contributed by atoms with Crippen molar-refractivity contribution in [3.05, 3.63) is 28.8 Å². The molecule has 0 spiro atoms. The van der Waals surface area contributed by atoms with Gasteiger partial charge in [-0.2, -0.15) is 0 Å². The summed E-state index contributed by atoms with van der Waals surface area (Å²) in [7, 11) is 0.